The average molecular weight is 178 g/mol. The van der Waals surface area contributed by atoms with Gasteiger partial charge in [-0.05, 0) is 25.5 Å². The van der Waals surface area contributed by atoms with Crippen LogP contribution in [0.2, 0.25) is 0 Å². The Balaban J connectivity index is 2.66. The average Bonchev–Trinajstić information content (AvgIpc) is 2.17. The van der Waals surface area contributed by atoms with Crippen molar-refractivity contribution in [3.05, 3.63) is 24.3 Å². The molecule has 0 bridgehead atoms. The molecule has 0 aliphatic heterocycles. The van der Waals surface area contributed by atoms with Crippen molar-refractivity contribution in [3.8, 4) is 0 Å². The van der Waals surface area contributed by atoms with E-state index in [0.717, 1.165) is 19.5 Å². The van der Waals surface area contributed by atoms with E-state index in [4.69, 9.17) is 0 Å². The molecule has 0 atom stereocenters. The van der Waals surface area contributed by atoms with Gasteiger partial charge < -0.3 is 10.6 Å². The Morgan fingerprint density at radius 2 is 1.62 bits per heavy atom. The van der Waals surface area contributed by atoms with Crippen molar-refractivity contribution in [2.75, 3.05) is 23.7 Å². The van der Waals surface area contributed by atoms with Crippen molar-refractivity contribution in [1.29, 1.82) is 0 Å². The van der Waals surface area contributed by atoms with Crippen molar-refractivity contribution in [2.45, 2.75) is 20.3 Å². The molecule has 0 spiro atoms. The third-order valence-electron chi connectivity index (χ3n) is 1.86. The number of para-hydroxylation sites is 2. The number of hydrogen-bond donors (Lipinski definition) is 2. The number of rotatable bonds is 5. The van der Waals surface area contributed by atoms with Gasteiger partial charge in [-0.3, -0.25) is 0 Å². The zero-order chi connectivity index (χ0) is 9.52. The molecule has 0 heterocycles. The lowest BCUT2D eigenvalue weighted by atomic mass is 10.2. The fourth-order valence-corrected chi connectivity index (χ4v) is 1.24. The van der Waals surface area contributed by atoms with Crippen molar-refractivity contribution in [1.82, 2.24) is 0 Å². The molecule has 1 aromatic rings. The summed E-state index contributed by atoms with van der Waals surface area (Å²) in [5.41, 5.74) is 2.39. The molecule has 0 amide bonds. The maximum absolute atomic E-state index is 3.39. The molecule has 0 saturated heterocycles. The van der Waals surface area contributed by atoms with Crippen LogP contribution in [0.4, 0.5) is 11.4 Å². The molecule has 0 unspecified atom stereocenters. The summed E-state index contributed by atoms with van der Waals surface area (Å²) in [4.78, 5) is 0. The lowest BCUT2D eigenvalue weighted by Gasteiger charge is -2.11. The van der Waals surface area contributed by atoms with E-state index in [9.17, 15) is 0 Å². The summed E-state index contributed by atoms with van der Waals surface area (Å²) in [6, 6.07) is 8.31. The molecule has 0 saturated carbocycles. The van der Waals surface area contributed by atoms with Gasteiger partial charge in [0.05, 0.1) is 11.4 Å². The van der Waals surface area contributed by atoms with E-state index >= 15 is 0 Å². The predicted molar refractivity (Wildman–Crippen MR) is 59.4 cm³/mol. The Hall–Kier alpha value is -1.18. The van der Waals surface area contributed by atoms with Crippen LogP contribution >= 0.6 is 0 Å². The Morgan fingerprint density at radius 1 is 1.00 bits per heavy atom. The van der Waals surface area contributed by atoms with Gasteiger partial charge in [-0.2, -0.15) is 0 Å². The van der Waals surface area contributed by atoms with Crippen LogP contribution in [0.15, 0.2) is 24.3 Å². The van der Waals surface area contributed by atoms with Crippen LogP contribution < -0.4 is 10.6 Å². The summed E-state index contributed by atoms with van der Waals surface area (Å²) in [7, 11) is 0. The van der Waals surface area contributed by atoms with Gasteiger partial charge in [0.1, 0.15) is 0 Å². The molecule has 1 aromatic carbocycles. The standard InChI is InChI=1S/C11H18N2/c1-3-9-13-11-8-6-5-7-10(11)12-4-2/h5-8,12-13H,3-4,9H2,1-2H3. The minimum absolute atomic E-state index is 0.963. The second-order valence-corrected chi connectivity index (χ2v) is 3.00. The highest BCUT2D eigenvalue weighted by Gasteiger charge is 1.97. The number of benzene rings is 1. The fraction of sp³-hybridized carbons (Fsp3) is 0.455. The lowest BCUT2D eigenvalue weighted by molar-refractivity contribution is 0.979. The van der Waals surface area contributed by atoms with Crippen molar-refractivity contribution in [3.63, 3.8) is 0 Å². The smallest absolute Gasteiger partial charge is 0.0575 e. The Labute approximate surface area is 80.4 Å². The Kier molecular flexibility index (Phi) is 4.16. The molecule has 72 valence electrons. The summed E-state index contributed by atoms with van der Waals surface area (Å²) in [6.07, 6.45) is 1.15. The second kappa shape index (κ2) is 5.46. The molecule has 2 N–H and O–H groups in total. The summed E-state index contributed by atoms with van der Waals surface area (Å²) < 4.78 is 0. The Bertz CT molecular complexity index is 246. The van der Waals surface area contributed by atoms with Crippen molar-refractivity contribution in [2.24, 2.45) is 0 Å². The van der Waals surface area contributed by atoms with Crippen LogP contribution in [-0.4, -0.2) is 13.1 Å². The van der Waals surface area contributed by atoms with Gasteiger partial charge >= 0.3 is 0 Å². The quantitative estimate of drug-likeness (QED) is 0.724. The normalized spacial score (nSPS) is 9.69. The first-order valence-electron chi connectivity index (χ1n) is 4.95. The molecule has 0 aliphatic carbocycles. The molecule has 2 heteroatoms. The van der Waals surface area contributed by atoms with E-state index in [1.54, 1.807) is 0 Å². The van der Waals surface area contributed by atoms with Gasteiger partial charge in [-0.15, -0.1) is 0 Å². The zero-order valence-electron chi connectivity index (χ0n) is 8.43. The van der Waals surface area contributed by atoms with Crippen LogP contribution in [0.5, 0.6) is 0 Å². The summed E-state index contributed by atoms with van der Waals surface area (Å²) >= 11 is 0. The fourth-order valence-electron chi connectivity index (χ4n) is 1.24. The first-order valence-corrected chi connectivity index (χ1v) is 4.95. The maximum atomic E-state index is 3.39. The summed E-state index contributed by atoms with van der Waals surface area (Å²) in [5.74, 6) is 0. The van der Waals surface area contributed by atoms with E-state index in [0.29, 0.717) is 0 Å². The Morgan fingerprint density at radius 3 is 2.15 bits per heavy atom. The first kappa shape index (κ1) is 9.90. The SMILES string of the molecule is CCCNc1ccccc1NCC. The van der Waals surface area contributed by atoms with Crippen molar-refractivity contribution >= 4 is 11.4 Å². The molecule has 13 heavy (non-hydrogen) atoms. The summed E-state index contributed by atoms with van der Waals surface area (Å²) in [6.45, 7) is 6.27. The van der Waals surface area contributed by atoms with E-state index < -0.39 is 0 Å². The highest BCUT2D eigenvalue weighted by Crippen LogP contribution is 2.20. The van der Waals surface area contributed by atoms with Crippen LogP contribution in [0, 0.1) is 0 Å². The molecule has 0 aliphatic rings. The number of anilines is 2. The van der Waals surface area contributed by atoms with Gasteiger partial charge in [0, 0.05) is 13.1 Å². The van der Waals surface area contributed by atoms with Crippen LogP contribution in [0.3, 0.4) is 0 Å². The first-order chi connectivity index (χ1) is 6.38. The van der Waals surface area contributed by atoms with E-state index in [1.165, 1.54) is 11.4 Å². The maximum Gasteiger partial charge on any atom is 0.0575 e. The van der Waals surface area contributed by atoms with Gasteiger partial charge in [-0.25, -0.2) is 0 Å². The molecule has 0 fully saturated rings. The van der Waals surface area contributed by atoms with Gasteiger partial charge in [0.2, 0.25) is 0 Å². The minimum atomic E-state index is 0.963. The van der Waals surface area contributed by atoms with E-state index in [-0.39, 0.29) is 0 Å². The number of hydrogen-bond acceptors (Lipinski definition) is 2. The molecular weight excluding hydrogens is 160 g/mol. The number of nitrogens with one attached hydrogen (secondary N) is 2. The van der Waals surface area contributed by atoms with Gasteiger partial charge in [0.15, 0.2) is 0 Å². The topological polar surface area (TPSA) is 24.1 Å². The molecule has 2 nitrogen and oxygen atoms in total. The predicted octanol–water partition coefficient (Wildman–Crippen LogP) is 2.94. The van der Waals surface area contributed by atoms with Gasteiger partial charge in [0.25, 0.3) is 0 Å². The molecule has 0 radical (unpaired) electrons. The highest BCUT2D eigenvalue weighted by molar-refractivity contribution is 5.68. The monoisotopic (exact) mass is 178 g/mol. The van der Waals surface area contributed by atoms with Crippen LogP contribution in [0.25, 0.3) is 0 Å². The molecule has 0 aromatic heterocycles. The molecule has 1 rings (SSSR count). The third-order valence-corrected chi connectivity index (χ3v) is 1.86. The zero-order valence-corrected chi connectivity index (χ0v) is 8.43. The van der Waals surface area contributed by atoms with Crippen molar-refractivity contribution < 1.29 is 0 Å². The van der Waals surface area contributed by atoms with E-state index in [2.05, 4.69) is 48.7 Å². The second-order valence-electron chi connectivity index (χ2n) is 3.00. The van der Waals surface area contributed by atoms with Crippen LogP contribution in [-0.2, 0) is 0 Å². The van der Waals surface area contributed by atoms with Gasteiger partial charge in [-0.1, -0.05) is 19.1 Å². The van der Waals surface area contributed by atoms with E-state index in [1.807, 2.05) is 0 Å². The highest BCUT2D eigenvalue weighted by atomic mass is 14.9. The molecular formula is C11H18N2. The lowest BCUT2D eigenvalue weighted by Crippen LogP contribution is -2.04. The largest absolute Gasteiger partial charge is 0.384 e. The van der Waals surface area contributed by atoms with Crippen LogP contribution in [0.1, 0.15) is 20.3 Å². The minimum Gasteiger partial charge on any atom is -0.384 e. The summed E-state index contributed by atoms with van der Waals surface area (Å²) in [5, 5.41) is 6.71. The third kappa shape index (κ3) is 2.98.